The number of rotatable bonds is 4. The second-order valence-corrected chi connectivity index (χ2v) is 7.69. The van der Waals surface area contributed by atoms with Crippen molar-refractivity contribution in [3.05, 3.63) is 29.8 Å². The van der Waals surface area contributed by atoms with Gasteiger partial charge < -0.3 is 14.6 Å². The standard InChI is InChI=1S/C19H27NO5/c1-12(2)13-6-8-14(9-7-13)24-15-10-16(17(21)22)20(11-15)18(23)25-19(3,4)5/h6-9,12,15-16H,10-11H2,1-5H3,(H,21,22). The lowest BCUT2D eigenvalue weighted by atomic mass is 10.0. The lowest BCUT2D eigenvalue weighted by Gasteiger charge is -2.26. The molecule has 0 spiro atoms. The van der Waals surface area contributed by atoms with Gasteiger partial charge in [-0.15, -0.1) is 0 Å². The van der Waals surface area contributed by atoms with Crippen LogP contribution in [0.3, 0.4) is 0 Å². The number of carboxylic acids is 1. The molecule has 2 atom stereocenters. The first-order valence-corrected chi connectivity index (χ1v) is 8.56. The number of hydrogen-bond acceptors (Lipinski definition) is 4. The monoisotopic (exact) mass is 349 g/mol. The molecule has 2 rings (SSSR count). The van der Waals surface area contributed by atoms with Gasteiger partial charge in [0.1, 0.15) is 23.5 Å². The molecule has 6 heteroatoms. The molecule has 0 radical (unpaired) electrons. The number of amides is 1. The van der Waals surface area contributed by atoms with Gasteiger partial charge in [-0.3, -0.25) is 4.90 Å². The number of benzene rings is 1. The molecule has 1 N–H and O–H groups in total. The number of ether oxygens (including phenoxy) is 2. The highest BCUT2D eigenvalue weighted by molar-refractivity contribution is 5.81. The highest BCUT2D eigenvalue weighted by Gasteiger charge is 2.42. The van der Waals surface area contributed by atoms with Crippen molar-refractivity contribution in [1.82, 2.24) is 4.90 Å². The Kier molecular flexibility index (Phi) is 5.60. The zero-order chi connectivity index (χ0) is 18.8. The van der Waals surface area contributed by atoms with Gasteiger partial charge in [0.05, 0.1) is 6.54 Å². The summed E-state index contributed by atoms with van der Waals surface area (Å²) in [6.07, 6.45) is -0.764. The first kappa shape index (κ1) is 19.1. The number of carboxylic acid groups (broad SMARTS) is 1. The minimum atomic E-state index is -1.05. The molecule has 0 aliphatic carbocycles. The van der Waals surface area contributed by atoms with E-state index in [1.165, 1.54) is 10.5 Å². The molecule has 1 aromatic rings. The van der Waals surface area contributed by atoms with E-state index in [2.05, 4.69) is 13.8 Å². The Bertz CT molecular complexity index is 618. The van der Waals surface area contributed by atoms with Gasteiger partial charge in [-0.2, -0.15) is 0 Å². The van der Waals surface area contributed by atoms with E-state index in [4.69, 9.17) is 9.47 Å². The summed E-state index contributed by atoms with van der Waals surface area (Å²) in [6.45, 7) is 9.67. The van der Waals surface area contributed by atoms with Gasteiger partial charge in [0.25, 0.3) is 0 Å². The first-order chi connectivity index (χ1) is 11.6. The molecule has 1 aromatic carbocycles. The average molecular weight is 349 g/mol. The number of carbonyl (C=O) groups excluding carboxylic acids is 1. The van der Waals surface area contributed by atoms with Gasteiger partial charge in [-0.25, -0.2) is 9.59 Å². The summed E-state index contributed by atoms with van der Waals surface area (Å²) in [7, 11) is 0. The van der Waals surface area contributed by atoms with Crippen molar-refractivity contribution >= 4 is 12.1 Å². The van der Waals surface area contributed by atoms with E-state index >= 15 is 0 Å². The van der Waals surface area contributed by atoms with Gasteiger partial charge in [-0.05, 0) is 44.4 Å². The lowest BCUT2D eigenvalue weighted by molar-refractivity contribution is -0.142. The maximum atomic E-state index is 12.3. The summed E-state index contributed by atoms with van der Waals surface area (Å²) >= 11 is 0. The second-order valence-electron chi connectivity index (χ2n) is 7.69. The third-order valence-corrected chi connectivity index (χ3v) is 4.03. The highest BCUT2D eigenvalue weighted by atomic mass is 16.6. The zero-order valence-corrected chi connectivity index (χ0v) is 15.5. The molecule has 1 aliphatic rings. The van der Waals surface area contributed by atoms with Crippen LogP contribution in [0.4, 0.5) is 4.79 Å². The van der Waals surface area contributed by atoms with E-state index in [1.807, 2.05) is 24.3 Å². The van der Waals surface area contributed by atoms with Crippen molar-refractivity contribution in [2.75, 3.05) is 6.54 Å². The Labute approximate surface area is 148 Å². The Morgan fingerprint density at radius 3 is 2.28 bits per heavy atom. The van der Waals surface area contributed by atoms with Crippen LogP contribution >= 0.6 is 0 Å². The van der Waals surface area contributed by atoms with E-state index in [1.54, 1.807) is 20.8 Å². The fourth-order valence-electron chi connectivity index (χ4n) is 2.76. The van der Waals surface area contributed by atoms with Crippen LogP contribution in [0.25, 0.3) is 0 Å². The molecule has 0 saturated carbocycles. The highest BCUT2D eigenvalue weighted by Crippen LogP contribution is 2.26. The number of nitrogens with zero attached hydrogens (tertiary/aromatic N) is 1. The summed E-state index contributed by atoms with van der Waals surface area (Å²) in [5, 5.41) is 9.41. The van der Waals surface area contributed by atoms with Gasteiger partial charge in [-0.1, -0.05) is 26.0 Å². The van der Waals surface area contributed by atoms with Gasteiger partial charge in [0, 0.05) is 6.42 Å². The maximum absolute atomic E-state index is 12.3. The Balaban J connectivity index is 2.06. The van der Waals surface area contributed by atoms with Crippen LogP contribution in [0.5, 0.6) is 5.75 Å². The van der Waals surface area contributed by atoms with E-state index < -0.39 is 23.7 Å². The van der Waals surface area contributed by atoms with Crippen LogP contribution in [0.1, 0.15) is 52.5 Å². The molecular weight excluding hydrogens is 322 g/mol. The fourth-order valence-corrected chi connectivity index (χ4v) is 2.76. The number of hydrogen-bond donors (Lipinski definition) is 1. The van der Waals surface area contributed by atoms with Crippen LogP contribution in [0.15, 0.2) is 24.3 Å². The van der Waals surface area contributed by atoms with E-state index in [0.29, 0.717) is 11.7 Å². The maximum Gasteiger partial charge on any atom is 0.411 e. The van der Waals surface area contributed by atoms with Crippen LogP contribution in [-0.2, 0) is 9.53 Å². The number of carbonyl (C=O) groups is 2. The molecule has 1 saturated heterocycles. The molecule has 1 amide bonds. The summed E-state index contributed by atoms with van der Waals surface area (Å²) in [5.41, 5.74) is 0.531. The molecule has 1 fully saturated rings. The fraction of sp³-hybridized carbons (Fsp3) is 0.579. The van der Waals surface area contributed by atoms with Crippen LogP contribution in [-0.4, -0.2) is 46.4 Å². The summed E-state index contributed by atoms with van der Waals surface area (Å²) in [6, 6.07) is 6.81. The molecule has 1 heterocycles. The lowest BCUT2D eigenvalue weighted by Crippen LogP contribution is -2.43. The van der Waals surface area contributed by atoms with Gasteiger partial charge >= 0.3 is 12.1 Å². The van der Waals surface area contributed by atoms with Crippen LogP contribution in [0, 0.1) is 0 Å². The molecule has 25 heavy (non-hydrogen) atoms. The Morgan fingerprint density at radius 2 is 1.80 bits per heavy atom. The summed E-state index contributed by atoms with van der Waals surface area (Å²) < 4.78 is 11.2. The SMILES string of the molecule is CC(C)c1ccc(OC2CC(C(=O)O)N(C(=O)OC(C)(C)C)C2)cc1. The van der Waals surface area contributed by atoms with E-state index in [-0.39, 0.29) is 19.1 Å². The van der Waals surface area contributed by atoms with Crippen molar-refractivity contribution in [3.8, 4) is 5.75 Å². The van der Waals surface area contributed by atoms with Crippen molar-refractivity contribution < 1.29 is 24.2 Å². The van der Waals surface area contributed by atoms with Crippen molar-refractivity contribution in [3.63, 3.8) is 0 Å². The summed E-state index contributed by atoms with van der Waals surface area (Å²) in [5.74, 6) is 0.0521. The third-order valence-electron chi connectivity index (χ3n) is 4.03. The van der Waals surface area contributed by atoms with Crippen LogP contribution in [0.2, 0.25) is 0 Å². The molecular formula is C19H27NO5. The Hall–Kier alpha value is -2.24. The predicted octanol–water partition coefficient (Wildman–Crippen LogP) is 3.65. The first-order valence-electron chi connectivity index (χ1n) is 8.56. The summed E-state index contributed by atoms with van der Waals surface area (Å²) in [4.78, 5) is 25.0. The molecule has 2 unspecified atom stereocenters. The molecule has 6 nitrogen and oxygen atoms in total. The average Bonchev–Trinajstić information content (AvgIpc) is 2.90. The third kappa shape index (κ3) is 5.11. The quantitative estimate of drug-likeness (QED) is 0.898. The smallest absolute Gasteiger partial charge is 0.411 e. The minimum absolute atomic E-state index is 0.192. The minimum Gasteiger partial charge on any atom is -0.488 e. The topological polar surface area (TPSA) is 76.1 Å². The van der Waals surface area contributed by atoms with Gasteiger partial charge in [0.15, 0.2) is 0 Å². The van der Waals surface area contributed by atoms with E-state index in [0.717, 1.165) is 0 Å². The van der Waals surface area contributed by atoms with Crippen molar-refractivity contribution in [2.45, 2.75) is 64.7 Å². The molecule has 1 aliphatic heterocycles. The largest absolute Gasteiger partial charge is 0.488 e. The van der Waals surface area contributed by atoms with Crippen molar-refractivity contribution in [2.24, 2.45) is 0 Å². The Morgan fingerprint density at radius 1 is 1.20 bits per heavy atom. The molecule has 0 aromatic heterocycles. The molecule has 0 bridgehead atoms. The normalized spacial score (nSPS) is 20.6. The number of likely N-dealkylation sites (tertiary alicyclic amines) is 1. The van der Waals surface area contributed by atoms with Crippen LogP contribution < -0.4 is 4.74 Å². The second kappa shape index (κ2) is 7.33. The molecule has 138 valence electrons. The van der Waals surface area contributed by atoms with E-state index in [9.17, 15) is 14.7 Å². The zero-order valence-electron chi connectivity index (χ0n) is 15.5. The van der Waals surface area contributed by atoms with Gasteiger partial charge in [0.2, 0.25) is 0 Å². The predicted molar refractivity (Wildman–Crippen MR) is 93.9 cm³/mol. The van der Waals surface area contributed by atoms with Crippen molar-refractivity contribution in [1.29, 1.82) is 0 Å². The number of aliphatic carboxylic acids is 1.